The van der Waals surface area contributed by atoms with Crippen molar-refractivity contribution in [3.05, 3.63) is 35.4 Å². The fourth-order valence-electron chi connectivity index (χ4n) is 2.29. The summed E-state index contributed by atoms with van der Waals surface area (Å²) < 4.78 is 0. The van der Waals surface area contributed by atoms with E-state index in [2.05, 4.69) is 24.3 Å². The first kappa shape index (κ1) is 8.49. The highest BCUT2D eigenvalue weighted by atomic mass is 14.7. The van der Waals surface area contributed by atoms with Gasteiger partial charge in [0.15, 0.2) is 0 Å². The van der Waals surface area contributed by atoms with Crippen LogP contribution in [0.5, 0.6) is 0 Å². The molecule has 2 N–H and O–H groups in total. The summed E-state index contributed by atoms with van der Waals surface area (Å²) in [5.74, 6) is 0.872. The number of nitrogens with two attached hydrogens (primary N) is 1. The molecule has 14 heavy (non-hydrogen) atoms. The van der Waals surface area contributed by atoms with E-state index >= 15 is 0 Å². The minimum atomic E-state index is 0.363. The predicted octanol–water partition coefficient (Wildman–Crippen LogP) is 2.55. The van der Waals surface area contributed by atoms with Crippen LogP contribution in [0.4, 0.5) is 0 Å². The van der Waals surface area contributed by atoms with Crippen LogP contribution < -0.4 is 5.73 Å². The Morgan fingerprint density at radius 1 is 1.14 bits per heavy atom. The van der Waals surface area contributed by atoms with E-state index in [1.54, 1.807) is 0 Å². The van der Waals surface area contributed by atoms with Gasteiger partial charge < -0.3 is 5.73 Å². The van der Waals surface area contributed by atoms with Crippen molar-refractivity contribution in [2.45, 2.75) is 37.0 Å². The molecule has 0 spiro atoms. The van der Waals surface area contributed by atoms with Crippen LogP contribution in [0.2, 0.25) is 0 Å². The molecule has 2 aliphatic carbocycles. The molecule has 0 atom stereocenters. The Morgan fingerprint density at radius 2 is 1.79 bits per heavy atom. The van der Waals surface area contributed by atoms with Crippen LogP contribution >= 0.6 is 0 Å². The smallest absolute Gasteiger partial charge is 0.00762 e. The SMILES string of the molecule is NCC1(c2ccc(C3CC3)cc2)CC1. The molecule has 0 saturated heterocycles. The van der Waals surface area contributed by atoms with Gasteiger partial charge in [-0.3, -0.25) is 0 Å². The third kappa shape index (κ3) is 1.27. The molecular weight excluding hydrogens is 170 g/mol. The molecule has 0 unspecified atom stereocenters. The Labute approximate surface area is 85.3 Å². The molecule has 74 valence electrons. The summed E-state index contributed by atoms with van der Waals surface area (Å²) in [6, 6.07) is 9.21. The van der Waals surface area contributed by atoms with E-state index in [-0.39, 0.29) is 0 Å². The van der Waals surface area contributed by atoms with Crippen LogP contribution in [0, 0.1) is 0 Å². The zero-order chi connectivity index (χ0) is 9.60. The Balaban J connectivity index is 1.86. The van der Waals surface area contributed by atoms with Gasteiger partial charge in [-0.25, -0.2) is 0 Å². The molecule has 1 nitrogen and oxygen atoms in total. The van der Waals surface area contributed by atoms with Crippen LogP contribution in [-0.2, 0) is 5.41 Å². The molecular formula is C13H17N. The normalized spacial score (nSPS) is 23.5. The molecule has 0 heterocycles. The third-order valence-electron chi connectivity index (χ3n) is 3.82. The molecule has 0 amide bonds. The fraction of sp³-hybridized carbons (Fsp3) is 0.538. The maximum Gasteiger partial charge on any atom is 0.00762 e. The summed E-state index contributed by atoms with van der Waals surface area (Å²) in [7, 11) is 0. The summed E-state index contributed by atoms with van der Waals surface area (Å²) in [6.45, 7) is 0.815. The van der Waals surface area contributed by atoms with Gasteiger partial charge in [-0.1, -0.05) is 24.3 Å². The summed E-state index contributed by atoms with van der Waals surface area (Å²) in [4.78, 5) is 0. The van der Waals surface area contributed by atoms with Crippen LogP contribution in [-0.4, -0.2) is 6.54 Å². The standard InChI is InChI=1S/C13H17N/c14-9-13(7-8-13)12-5-3-11(4-6-12)10-1-2-10/h3-6,10H,1-2,7-9,14H2. The van der Waals surface area contributed by atoms with Gasteiger partial charge in [0.1, 0.15) is 0 Å². The van der Waals surface area contributed by atoms with Gasteiger partial charge in [-0.2, -0.15) is 0 Å². The second kappa shape index (κ2) is 2.83. The van der Waals surface area contributed by atoms with E-state index in [0.717, 1.165) is 12.5 Å². The maximum absolute atomic E-state index is 5.81. The lowest BCUT2D eigenvalue weighted by Crippen LogP contribution is -2.19. The maximum atomic E-state index is 5.81. The van der Waals surface area contributed by atoms with E-state index < -0.39 is 0 Å². The number of rotatable bonds is 3. The predicted molar refractivity (Wildman–Crippen MR) is 58.4 cm³/mol. The summed E-state index contributed by atoms with van der Waals surface area (Å²) in [5.41, 5.74) is 9.17. The minimum Gasteiger partial charge on any atom is -0.330 e. The monoisotopic (exact) mass is 187 g/mol. The topological polar surface area (TPSA) is 26.0 Å². The van der Waals surface area contributed by atoms with Crippen LogP contribution in [0.1, 0.15) is 42.7 Å². The highest BCUT2D eigenvalue weighted by Crippen LogP contribution is 2.48. The number of hydrogen-bond acceptors (Lipinski definition) is 1. The van der Waals surface area contributed by atoms with Crippen molar-refractivity contribution in [3.63, 3.8) is 0 Å². The Bertz CT molecular complexity index is 331. The summed E-state index contributed by atoms with van der Waals surface area (Å²) in [5, 5.41) is 0. The van der Waals surface area contributed by atoms with Crippen molar-refractivity contribution in [3.8, 4) is 0 Å². The molecule has 0 aromatic heterocycles. The first-order valence-corrected chi connectivity index (χ1v) is 5.65. The highest BCUT2D eigenvalue weighted by Gasteiger charge is 2.42. The molecule has 0 aliphatic heterocycles. The van der Waals surface area contributed by atoms with Crippen molar-refractivity contribution < 1.29 is 0 Å². The van der Waals surface area contributed by atoms with Gasteiger partial charge >= 0.3 is 0 Å². The zero-order valence-electron chi connectivity index (χ0n) is 8.50. The molecule has 1 aromatic rings. The van der Waals surface area contributed by atoms with Gasteiger partial charge in [0.25, 0.3) is 0 Å². The lowest BCUT2D eigenvalue weighted by molar-refractivity contribution is 0.704. The average molecular weight is 187 g/mol. The van der Waals surface area contributed by atoms with E-state index in [4.69, 9.17) is 5.73 Å². The third-order valence-corrected chi connectivity index (χ3v) is 3.82. The largest absolute Gasteiger partial charge is 0.330 e. The Hall–Kier alpha value is -0.820. The summed E-state index contributed by atoms with van der Waals surface area (Å²) >= 11 is 0. The number of hydrogen-bond donors (Lipinski definition) is 1. The van der Waals surface area contributed by atoms with E-state index in [1.165, 1.54) is 36.8 Å². The molecule has 1 aromatic carbocycles. The molecule has 2 fully saturated rings. The molecule has 2 aliphatic rings. The van der Waals surface area contributed by atoms with E-state index in [0.29, 0.717) is 5.41 Å². The molecule has 0 radical (unpaired) electrons. The van der Waals surface area contributed by atoms with Crippen LogP contribution in [0.15, 0.2) is 24.3 Å². The molecule has 1 heteroatoms. The Morgan fingerprint density at radius 3 is 2.21 bits per heavy atom. The van der Waals surface area contributed by atoms with E-state index in [9.17, 15) is 0 Å². The van der Waals surface area contributed by atoms with Gasteiger partial charge in [0.05, 0.1) is 0 Å². The van der Waals surface area contributed by atoms with Crippen molar-refractivity contribution in [2.75, 3.05) is 6.54 Å². The molecule has 2 saturated carbocycles. The van der Waals surface area contributed by atoms with Gasteiger partial charge in [0, 0.05) is 12.0 Å². The van der Waals surface area contributed by atoms with Gasteiger partial charge in [-0.05, 0) is 42.7 Å². The highest BCUT2D eigenvalue weighted by molar-refractivity contribution is 5.36. The first-order chi connectivity index (χ1) is 6.84. The average Bonchev–Trinajstić information content (AvgIpc) is 3.12. The Kier molecular flexibility index (Phi) is 1.72. The minimum absolute atomic E-state index is 0.363. The van der Waals surface area contributed by atoms with Crippen molar-refractivity contribution in [1.82, 2.24) is 0 Å². The van der Waals surface area contributed by atoms with Gasteiger partial charge in [0.2, 0.25) is 0 Å². The quantitative estimate of drug-likeness (QED) is 0.773. The second-order valence-electron chi connectivity index (χ2n) is 4.88. The molecule has 0 bridgehead atoms. The zero-order valence-corrected chi connectivity index (χ0v) is 8.50. The van der Waals surface area contributed by atoms with Crippen LogP contribution in [0.3, 0.4) is 0 Å². The van der Waals surface area contributed by atoms with E-state index in [1.807, 2.05) is 0 Å². The fourth-order valence-corrected chi connectivity index (χ4v) is 2.29. The number of benzene rings is 1. The van der Waals surface area contributed by atoms with Crippen LogP contribution in [0.25, 0.3) is 0 Å². The van der Waals surface area contributed by atoms with Gasteiger partial charge in [-0.15, -0.1) is 0 Å². The molecule has 3 rings (SSSR count). The van der Waals surface area contributed by atoms with Crippen molar-refractivity contribution in [1.29, 1.82) is 0 Å². The van der Waals surface area contributed by atoms with Crippen molar-refractivity contribution >= 4 is 0 Å². The first-order valence-electron chi connectivity index (χ1n) is 5.65. The lowest BCUT2D eigenvalue weighted by Gasteiger charge is -2.12. The van der Waals surface area contributed by atoms with Crippen molar-refractivity contribution in [2.24, 2.45) is 5.73 Å². The lowest BCUT2D eigenvalue weighted by atomic mass is 9.94. The summed E-state index contributed by atoms with van der Waals surface area (Å²) in [6.07, 6.45) is 5.35. The second-order valence-corrected chi connectivity index (χ2v) is 4.88.